The molecule has 1 amide bonds. The van der Waals surface area contributed by atoms with Crippen LogP contribution in [0.25, 0.3) is 0 Å². The first-order valence-electron chi connectivity index (χ1n) is 9.32. The molecule has 0 bridgehead atoms. The molecule has 0 radical (unpaired) electrons. The normalized spacial score (nSPS) is 24.2. The fraction of sp³-hybridized carbons (Fsp3) is 0.632. The Morgan fingerprint density at radius 1 is 1.04 bits per heavy atom. The molecule has 3 aliphatic rings. The van der Waals surface area contributed by atoms with Gasteiger partial charge in [-0.05, 0) is 31.4 Å². The average molecular weight is 346 g/mol. The number of amides is 1. The Hall–Kier alpha value is -1.79. The number of morpholine rings is 1. The summed E-state index contributed by atoms with van der Waals surface area (Å²) in [5, 5.41) is 0. The lowest BCUT2D eigenvalue weighted by Crippen LogP contribution is -2.51. The van der Waals surface area contributed by atoms with Crippen LogP contribution in [-0.2, 0) is 4.74 Å². The molecular formula is C19H26N2O4. The van der Waals surface area contributed by atoms with Gasteiger partial charge in [0.1, 0.15) is 13.2 Å². The molecule has 0 aliphatic carbocycles. The van der Waals surface area contributed by atoms with Gasteiger partial charge in [-0.2, -0.15) is 0 Å². The Kier molecular flexibility index (Phi) is 5.08. The van der Waals surface area contributed by atoms with Gasteiger partial charge in [0, 0.05) is 32.2 Å². The van der Waals surface area contributed by atoms with Crippen LogP contribution in [0.4, 0.5) is 0 Å². The Morgan fingerprint density at radius 3 is 2.76 bits per heavy atom. The zero-order valence-corrected chi connectivity index (χ0v) is 14.6. The van der Waals surface area contributed by atoms with Crippen LogP contribution in [0, 0.1) is 0 Å². The molecule has 0 unspecified atom stereocenters. The maximum atomic E-state index is 13.3. The van der Waals surface area contributed by atoms with E-state index in [1.54, 1.807) is 0 Å². The van der Waals surface area contributed by atoms with Crippen LogP contribution in [0.2, 0.25) is 0 Å². The lowest BCUT2D eigenvalue weighted by atomic mass is 9.99. The van der Waals surface area contributed by atoms with Crippen molar-refractivity contribution < 1.29 is 19.0 Å². The highest BCUT2D eigenvalue weighted by Gasteiger charge is 2.32. The van der Waals surface area contributed by atoms with Crippen LogP contribution in [0.1, 0.15) is 29.6 Å². The molecule has 1 atom stereocenters. The minimum absolute atomic E-state index is 0.0697. The molecule has 3 heterocycles. The predicted octanol–water partition coefficient (Wildman–Crippen LogP) is 1.78. The van der Waals surface area contributed by atoms with Crippen molar-refractivity contribution >= 4 is 5.91 Å². The van der Waals surface area contributed by atoms with Gasteiger partial charge in [0.25, 0.3) is 5.91 Å². The summed E-state index contributed by atoms with van der Waals surface area (Å²) in [5.74, 6) is 1.36. The number of ether oxygens (including phenoxy) is 3. The highest BCUT2D eigenvalue weighted by Crippen LogP contribution is 2.35. The van der Waals surface area contributed by atoms with E-state index in [1.165, 1.54) is 6.42 Å². The van der Waals surface area contributed by atoms with Gasteiger partial charge in [0.05, 0.1) is 18.8 Å². The molecule has 25 heavy (non-hydrogen) atoms. The van der Waals surface area contributed by atoms with E-state index in [-0.39, 0.29) is 11.9 Å². The maximum absolute atomic E-state index is 13.3. The number of benzene rings is 1. The number of nitrogens with zero attached hydrogens (tertiary/aromatic N) is 2. The quantitative estimate of drug-likeness (QED) is 0.835. The summed E-state index contributed by atoms with van der Waals surface area (Å²) in [7, 11) is 0. The van der Waals surface area contributed by atoms with Gasteiger partial charge in [0.15, 0.2) is 11.5 Å². The molecule has 6 nitrogen and oxygen atoms in total. The molecule has 1 aromatic carbocycles. The van der Waals surface area contributed by atoms with Crippen molar-refractivity contribution in [3.8, 4) is 11.5 Å². The van der Waals surface area contributed by atoms with Gasteiger partial charge in [-0.15, -0.1) is 0 Å². The molecule has 2 saturated heterocycles. The fourth-order valence-electron chi connectivity index (χ4n) is 3.94. The molecule has 6 heteroatoms. The molecule has 136 valence electrons. The number of hydrogen-bond donors (Lipinski definition) is 0. The largest absolute Gasteiger partial charge is 0.486 e. The lowest BCUT2D eigenvalue weighted by Gasteiger charge is -2.40. The lowest BCUT2D eigenvalue weighted by molar-refractivity contribution is 0.0164. The standard InChI is InChI=1S/C19H26N2O4/c22-19(16-5-3-6-17-18(16)25-13-12-24-17)21-7-2-1-4-15(21)14-20-8-10-23-11-9-20/h3,5-6,15H,1-2,4,7-14H2/t15-/m1/s1. The maximum Gasteiger partial charge on any atom is 0.258 e. The van der Waals surface area contributed by atoms with Crippen molar-refractivity contribution in [1.82, 2.24) is 9.80 Å². The molecular weight excluding hydrogens is 320 g/mol. The van der Waals surface area contributed by atoms with E-state index in [2.05, 4.69) is 4.90 Å². The third-order valence-corrected chi connectivity index (χ3v) is 5.26. The van der Waals surface area contributed by atoms with Gasteiger partial charge in [-0.1, -0.05) is 6.07 Å². The summed E-state index contributed by atoms with van der Waals surface area (Å²) in [4.78, 5) is 17.7. The molecule has 1 aromatic rings. The summed E-state index contributed by atoms with van der Waals surface area (Å²) in [5.41, 5.74) is 0.631. The smallest absolute Gasteiger partial charge is 0.258 e. The zero-order chi connectivity index (χ0) is 17.1. The van der Waals surface area contributed by atoms with E-state index in [4.69, 9.17) is 14.2 Å². The number of hydrogen-bond acceptors (Lipinski definition) is 5. The van der Waals surface area contributed by atoms with Gasteiger partial charge >= 0.3 is 0 Å². The Balaban J connectivity index is 1.53. The number of carbonyl (C=O) groups excluding carboxylic acids is 1. The third kappa shape index (κ3) is 3.60. The van der Waals surface area contributed by atoms with E-state index in [0.29, 0.717) is 30.3 Å². The summed E-state index contributed by atoms with van der Waals surface area (Å²) >= 11 is 0. The molecule has 0 spiro atoms. The van der Waals surface area contributed by atoms with Crippen molar-refractivity contribution in [2.24, 2.45) is 0 Å². The van der Waals surface area contributed by atoms with Gasteiger partial charge in [0.2, 0.25) is 0 Å². The topological polar surface area (TPSA) is 51.2 Å². The van der Waals surface area contributed by atoms with Crippen LogP contribution in [0.3, 0.4) is 0 Å². The van der Waals surface area contributed by atoms with E-state index >= 15 is 0 Å². The van der Waals surface area contributed by atoms with Crippen molar-refractivity contribution in [2.75, 3.05) is 52.6 Å². The number of para-hydroxylation sites is 1. The van der Waals surface area contributed by atoms with E-state index < -0.39 is 0 Å². The average Bonchev–Trinajstić information content (AvgIpc) is 2.68. The number of likely N-dealkylation sites (tertiary alicyclic amines) is 1. The fourth-order valence-corrected chi connectivity index (χ4v) is 3.94. The number of piperidine rings is 1. The Morgan fingerprint density at radius 2 is 1.88 bits per heavy atom. The first-order chi connectivity index (χ1) is 12.3. The van der Waals surface area contributed by atoms with Gasteiger partial charge < -0.3 is 19.1 Å². The zero-order valence-electron chi connectivity index (χ0n) is 14.6. The highest BCUT2D eigenvalue weighted by atomic mass is 16.6. The summed E-state index contributed by atoms with van der Waals surface area (Å²) < 4.78 is 16.8. The minimum atomic E-state index is 0.0697. The monoisotopic (exact) mass is 346 g/mol. The predicted molar refractivity (Wildman–Crippen MR) is 93.4 cm³/mol. The minimum Gasteiger partial charge on any atom is -0.486 e. The number of carbonyl (C=O) groups is 1. The van der Waals surface area contributed by atoms with E-state index in [1.807, 2.05) is 23.1 Å². The molecule has 0 saturated carbocycles. The van der Waals surface area contributed by atoms with Crippen LogP contribution in [0.5, 0.6) is 11.5 Å². The summed E-state index contributed by atoms with van der Waals surface area (Å²) in [6, 6.07) is 5.87. The van der Waals surface area contributed by atoms with Crippen molar-refractivity contribution in [3.05, 3.63) is 23.8 Å². The Bertz CT molecular complexity index is 615. The second-order valence-corrected chi connectivity index (χ2v) is 6.89. The third-order valence-electron chi connectivity index (χ3n) is 5.26. The van der Waals surface area contributed by atoms with Crippen molar-refractivity contribution in [3.63, 3.8) is 0 Å². The molecule has 0 aromatic heterocycles. The SMILES string of the molecule is O=C(c1cccc2c1OCCO2)N1CCCC[C@@H]1CN1CCOCC1. The van der Waals surface area contributed by atoms with Crippen molar-refractivity contribution in [2.45, 2.75) is 25.3 Å². The molecule has 3 aliphatic heterocycles. The van der Waals surface area contributed by atoms with E-state index in [0.717, 1.165) is 52.2 Å². The summed E-state index contributed by atoms with van der Waals surface area (Å²) in [6.07, 6.45) is 3.32. The second-order valence-electron chi connectivity index (χ2n) is 6.89. The number of fused-ring (bicyclic) bond motifs is 1. The van der Waals surface area contributed by atoms with Gasteiger partial charge in [-0.25, -0.2) is 0 Å². The first-order valence-corrected chi connectivity index (χ1v) is 9.32. The van der Waals surface area contributed by atoms with Crippen LogP contribution in [-0.4, -0.2) is 74.4 Å². The summed E-state index contributed by atoms with van der Waals surface area (Å²) in [6.45, 7) is 6.27. The van der Waals surface area contributed by atoms with Crippen LogP contribution in [0.15, 0.2) is 18.2 Å². The number of rotatable bonds is 3. The Labute approximate surface area is 148 Å². The van der Waals surface area contributed by atoms with Gasteiger partial charge in [-0.3, -0.25) is 9.69 Å². The van der Waals surface area contributed by atoms with Crippen LogP contribution >= 0.6 is 0 Å². The second kappa shape index (κ2) is 7.62. The molecule has 2 fully saturated rings. The highest BCUT2D eigenvalue weighted by molar-refractivity contribution is 5.98. The molecule has 4 rings (SSSR count). The van der Waals surface area contributed by atoms with E-state index in [9.17, 15) is 4.79 Å². The van der Waals surface area contributed by atoms with Crippen LogP contribution < -0.4 is 9.47 Å². The van der Waals surface area contributed by atoms with Crippen molar-refractivity contribution in [1.29, 1.82) is 0 Å². The first kappa shape index (κ1) is 16.7. The molecule has 0 N–H and O–H groups in total.